The zero-order valence-electron chi connectivity index (χ0n) is 10.5. The zero-order chi connectivity index (χ0) is 10.8. The highest BCUT2D eigenvalue weighted by Crippen LogP contribution is 2.32. The fraction of sp³-hybridized carbons (Fsp3) is 1.00. The Morgan fingerprint density at radius 1 is 1.12 bits per heavy atom. The summed E-state index contributed by atoms with van der Waals surface area (Å²) in [7, 11) is 0. The van der Waals surface area contributed by atoms with Crippen molar-refractivity contribution in [3.8, 4) is 0 Å². The van der Waals surface area contributed by atoms with Crippen molar-refractivity contribution in [1.82, 2.24) is 10.2 Å². The van der Waals surface area contributed by atoms with Crippen molar-refractivity contribution in [3.05, 3.63) is 0 Å². The van der Waals surface area contributed by atoms with Crippen molar-refractivity contribution in [1.29, 1.82) is 0 Å². The molecule has 3 aliphatic rings. The molecule has 1 N–H and O–H groups in total. The molecule has 2 aliphatic heterocycles. The minimum atomic E-state index is 0.537. The summed E-state index contributed by atoms with van der Waals surface area (Å²) < 4.78 is 0. The molecule has 0 aromatic heterocycles. The lowest BCUT2D eigenvalue weighted by molar-refractivity contribution is 0.275. The van der Waals surface area contributed by atoms with Gasteiger partial charge in [-0.25, -0.2) is 0 Å². The number of hydrogen-bond acceptors (Lipinski definition) is 2. The Kier molecular flexibility index (Phi) is 3.21. The van der Waals surface area contributed by atoms with Crippen LogP contribution in [0.2, 0.25) is 0 Å². The highest BCUT2D eigenvalue weighted by molar-refractivity contribution is 5.00. The van der Waals surface area contributed by atoms with Crippen LogP contribution in [0.3, 0.4) is 0 Å². The monoisotopic (exact) mass is 222 g/mol. The molecular weight excluding hydrogens is 196 g/mol. The van der Waals surface area contributed by atoms with Crippen molar-refractivity contribution < 1.29 is 0 Å². The van der Waals surface area contributed by atoms with E-state index in [0.29, 0.717) is 5.54 Å². The molecule has 0 unspecified atom stereocenters. The molecule has 1 aliphatic carbocycles. The molecule has 2 nitrogen and oxygen atoms in total. The maximum Gasteiger partial charge on any atom is 0.0321 e. The Hall–Kier alpha value is -0.0800. The Morgan fingerprint density at radius 3 is 2.75 bits per heavy atom. The summed E-state index contributed by atoms with van der Waals surface area (Å²) in [5.41, 5.74) is 0.537. The summed E-state index contributed by atoms with van der Waals surface area (Å²) >= 11 is 0. The fourth-order valence-electron chi connectivity index (χ4n) is 4.03. The summed E-state index contributed by atoms with van der Waals surface area (Å²) in [5, 5.41) is 3.75. The lowest BCUT2D eigenvalue weighted by Crippen LogP contribution is -2.42. The Morgan fingerprint density at radius 2 is 2.00 bits per heavy atom. The van der Waals surface area contributed by atoms with Crippen molar-refractivity contribution >= 4 is 0 Å². The Bertz CT molecular complexity index is 227. The van der Waals surface area contributed by atoms with Crippen molar-refractivity contribution in [2.45, 2.75) is 56.9 Å². The smallest absolute Gasteiger partial charge is 0.0321 e. The summed E-state index contributed by atoms with van der Waals surface area (Å²) in [5.74, 6) is 1.06. The second-order valence-electron chi connectivity index (χ2n) is 6.28. The van der Waals surface area contributed by atoms with Crippen LogP contribution >= 0.6 is 0 Å². The third kappa shape index (κ3) is 2.28. The summed E-state index contributed by atoms with van der Waals surface area (Å²) in [4.78, 5) is 2.72. The Balaban J connectivity index is 1.43. The van der Waals surface area contributed by atoms with Gasteiger partial charge in [0.15, 0.2) is 0 Å². The normalized spacial score (nSPS) is 36.8. The van der Waals surface area contributed by atoms with E-state index in [0.717, 1.165) is 5.92 Å². The van der Waals surface area contributed by atoms with Gasteiger partial charge >= 0.3 is 0 Å². The number of hydrogen-bond donors (Lipinski definition) is 1. The van der Waals surface area contributed by atoms with Gasteiger partial charge in [0.2, 0.25) is 0 Å². The fourth-order valence-corrected chi connectivity index (χ4v) is 4.03. The van der Waals surface area contributed by atoms with E-state index in [1.54, 1.807) is 0 Å². The number of nitrogens with one attached hydrogen (secondary N) is 1. The largest absolute Gasteiger partial charge is 0.310 e. The zero-order valence-corrected chi connectivity index (χ0v) is 10.5. The van der Waals surface area contributed by atoms with Crippen LogP contribution in [0.25, 0.3) is 0 Å². The van der Waals surface area contributed by atoms with Gasteiger partial charge in [0.05, 0.1) is 0 Å². The van der Waals surface area contributed by atoms with Crippen LogP contribution < -0.4 is 5.32 Å². The molecule has 3 fully saturated rings. The van der Waals surface area contributed by atoms with E-state index in [-0.39, 0.29) is 0 Å². The van der Waals surface area contributed by atoms with E-state index in [1.165, 1.54) is 77.5 Å². The van der Waals surface area contributed by atoms with Crippen LogP contribution in [-0.2, 0) is 0 Å². The van der Waals surface area contributed by atoms with E-state index < -0.39 is 0 Å². The maximum absolute atomic E-state index is 3.75. The highest BCUT2D eigenvalue weighted by Gasteiger charge is 2.39. The molecule has 0 radical (unpaired) electrons. The van der Waals surface area contributed by atoms with Crippen LogP contribution in [0.1, 0.15) is 51.4 Å². The van der Waals surface area contributed by atoms with E-state index >= 15 is 0 Å². The van der Waals surface area contributed by atoms with E-state index in [4.69, 9.17) is 0 Å². The summed E-state index contributed by atoms with van der Waals surface area (Å²) in [6.07, 6.45) is 11.7. The molecule has 1 atom stereocenters. The predicted molar refractivity (Wildman–Crippen MR) is 67.6 cm³/mol. The van der Waals surface area contributed by atoms with Crippen molar-refractivity contribution in [2.24, 2.45) is 5.92 Å². The highest BCUT2D eigenvalue weighted by atomic mass is 15.2. The molecule has 0 amide bonds. The molecule has 92 valence electrons. The van der Waals surface area contributed by atoms with Gasteiger partial charge in [-0.1, -0.05) is 25.7 Å². The molecular formula is C14H26N2. The molecule has 2 heteroatoms. The lowest BCUT2D eigenvalue weighted by Gasteiger charge is -2.25. The van der Waals surface area contributed by atoms with Gasteiger partial charge in [-0.15, -0.1) is 0 Å². The second-order valence-corrected chi connectivity index (χ2v) is 6.28. The standard InChI is InChI=1S/C14H26N2/c1-2-5-13(4-1)6-10-16-11-8-14(12-16)7-3-9-15-14/h13,15H,1-12H2/t14-/m0/s1. The summed E-state index contributed by atoms with van der Waals surface area (Å²) in [6.45, 7) is 5.31. The maximum atomic E-state index is 3.75. The molecule has 3 rings (SSSR count). The average Bonchev–Trinajstić information content (AvgIpc) is 3.01. The summed E-state index contributed by atoms with van der Waals surface area (Å²) in [6, 6.07) is 0. The van der Waals surface area contributed by atoms with Gasteiger partial charge in [0.25, 0.3) is 0 Å². The van der Waals surface area contributed by atoms with E-state index in [2.05, 4.69) is 10.2 Å². The second kappa shape index (κ2) is 4.66. The minimum absolute atomic E-state index is 0.537. The van der Waals surface area contributed by atoms with Crippen LogP contribution in [0.15, 0.2) is 0 Å². The van der Waals surface area contributed by atoms with Crippen LogP contribution in [0.5, 0.6) is 0 Å². The van der Waals surface area contributed by atoms with Crippen LogP contribution in [0.4, 0.5) is 0 Å². The molecule has 1 saturated carbocycles. The van der Waals surface area contributed by atoms with E-state index in [9.17, 15) is 0 Å². The molecule has 0 bridgehead atoms. The molecule has 2 heterocycles. The van der Waals surface area contributed by atoms with Gasteiger partial charge < -0.3 is 10.2 Å². The molecule has 0 aromatic rings. The molecule has 2 saturated heterocycles. The van der Waals surface area contributed by atoms with Gasteiger partial charge in [0, 0.05) is 18.6 Å². The molecule has 16 heavy (non-hydrogen) atoms. The number of nitrogens with zero attached hydrogens (tertiary/aromatic N) is 1. The third-order valence-corrected chi connectivity index (χ3v) is 5.09. The van der Waals surface area contributed by atoms with E-state index in [1.807, 2.05) is 0 Å². The topological polar surface area (TPSA) is 15.3 Å². The number of likely N-dealkylation sites (tertiary alicyclic amines) is 1. The number of rotatable bonds is 3. The first-order chi connectivity index (χ1) is 7.86. The first-order valence-corrected chi connectivity index (χ1v) is 7.34. The minimum Gasteiger partial charge on any atom is -0.310 e. The van der Waals surface area contributed by atoms with Gasteiger partial charge in [0.1, 0.15) is 0 Å². The average molecular weight is 222 g/mol. The third-order valence-electron chi connectivity index (χ3n) is 5.09. The Labute approximate surface area is 99.8 Å². The van der Waals surface area contributed by atoms with Crippen molar-refractivity contribution in [3.63, 3.8) is 0 Å². The quantitative estimate of drug-likeness (QED) is 0.789. The molecule has 0 aromatic carbocycles. The van der Waals surface area contributed by atoms with Crippen LogP contribution in [-0.4, -0.2) is 36.6 Å². The first-order valence-electron chi connectivity index (χ1n) is 7.34. The SMILES string of the molecule is C1CCC(CCN2CC[C@@]3(CCCN3)C2)C1. The van der Waals surface area contributed by atoms with Crippen LogP contribution in [0, 0.1) is 5.92 Å². The van der Waals surface area contributed by atoms with Gasteiger partial charge in [-0.3, -0.25) is 0 Å². The lowest BCUT2D eigenvalue weighted by atomic mass is 9.97. The van der Waals surface area contributed by atoms with Gasteiger partial charge in [-0.2, -0.15) is 0 Å². The first kappa shape index (κ1) is 11.0. The van der Waals surface area contributed by atoms with Crippen molar-refractivity contribution in [2.75, 3.05) is 26.2 Å². The van der Waals surface area contributed by atoms with Gasteiger partial charge in [-0.05, 0) is 44.7 Å². The molecule has 1 spiro atoms. The predicted octanol–water partition coefficient (Wildman–Crippen LogP) is 2.39.